The summed E-state index contributed by atoms with van der Waals surface area (Å²) in [5.41, 5.74) is 0. The van der Waals surface area contributed by atoms with Gasteiger partial charge in [0.05, 0.1) is 19.6 Å². The summed E-state index contributed by atoms with van der Waals surface area (Å²) in [7, 11) is 0. The molecule has 2 atom stereocenters. The van der Waals surface area contributed by atoms with Crippen LogP contribution in [0.4, 0.5) is 0 Å². The monoisotopic (exact) mass is 251 g/mol. The van der Waals surface area contributed by atoms with Crippen molar-refractivity contribution in [2.45, 2.75) is 71.6 Å². The van der Waals surface area contributed by atoms with E-state index in [-0.39, 0.29) is 0 Å². The molecule has 2 heteroatoms. The van der Waals surface area contributed by atoms with Crippen molar-refractivity contribution in [2.24, 2.45) is 5.92 Å². The number of quaternary nitrogens is 1. The molecule has 1 saturated heterocycles. The summed E-state index contributed by atoms with van der Waals surface area (Å²) < 4.78 is 0.742. The van der Waals surface area contributed by atoms with E-state index in [1.165, 1.54) is 57.8 Å². The maximum Gasteiger partial charge on any atom is 0.308 e. The van der Waals surface area contributed by atoms with E-state index in [2.05, 4.69) is 20.0 Å². The van der Waals surface area contributed by atoms with E-state index in [1.54, 1.807) is 0 Å². The Morgan fingerprint density at radius 1 is 1.11 bits per heavy atom. The number of likely N-dealkylation sites (tertiary alicyclic amines) is 1. The molecule has 1 aliphatic heterocycles. The van der Waals surface area contributed by atoms with Crippen molar-refractivity contribution in [3.05, 3.63) is 0 Å². The molecule has 0 radical (unpaired) electrons. The van der Waals surface area contributed by atoms with Gasteiger partial charge >= 0.3 is 6.19 Å². The zero-order valence-corrected chi connectivity index (χ0v) is 12.5. The van der Waals surface area contributed by atoms with Crippen molar-refractivity contribution in [1.82, 2.24) is 0 Å². The summed E-state index contributed by atoms with van der Waals surface area (Å²) in [6.07, 6.45) is 14.4. The van der Waals surface area contributed by atoms with Crippen LogP contribution < -0.4 is 0 Å². The zero-order valence-electron chi connectivity index (χ0n) is 12.5. The molecule has 2 unspecified atom stereocenters. The molecule has 0 N–H and O–H groups in total. The maximum absolute atomic E-state index is 9.52. The average molecular weight is 251 g/mol. The van der Waals surface area contributed by atoms with Gasteiger partial charge in [0.15, 0.2) is 0 Å². The van der Waals surface area contributed by atoms with Crippen LogP contribution >= 0.6 is 0 Å². The van der Waals surface area contributed by atoms with Crippen LogP contribution in [0.5, 0.6) is 0 Å². The summed E-state index contributed by atoms with van der Waals surface area (Å²) in [6.45, 7) is 7.84. The number of unbranched alkanes of at least 4 members (excludes halogenated alkanes) is 5. The van der Waals surface area contributed by atoms with Crippen molar-refractivity contribution >= 4 is 0 Å². The summed E-state index contributed by atoms with van der Waals surface area (Å²) >= 11 is 0. The topological polar surface area (TPSA) is 23.8 Å². The van der Waals surface area contributed by atoms with E-state index in [9.17, 15) is 5.26 Å². The van der Waals surface area contributed by atoms with Gasteiger partial charge in [-0.15, -0.1) is 5.26 Å². The van der Waals surface area contributed by atoms with Crippen molar-refractivity contribution in [2.75, 3.05) is 19.6 Å². The smallest absolute Gasteiger partial charge is 0.223 e. The quantitative estimate of drug-likeness (QED) is 0.355. The minimum absolute atomic E-state index is 0.742. The second-order valence-electron chi connectivity index (χ2n) is 6.06. The zero-order chi connectivity index (χ0) is 13.3. The highest BCUT2D eigenvalue weighted by Gasteiger charge is 2.34. The summed E-state index contributed by atoms with van der Waals surface area (Å²) in [5, 5.41) is 9.52. The molecule has 1 fully saturated rings. The molecule has 1 heterocycles. The first kappa shape index (κ1) is 15.5. The number of hydrogen-bond donors (Lipinski definition) is 0. The van der Waals surface area contributed by atoms with Crippen LogP contribution in [0.1, 0.15) is 71.6 Å². The second-order valence-corrected chi connectivity index (χ2v) is 6.06. The Bertz CT molecular complexity index is 256. The van der Waals surface area contributed by atoms with E-state index in [4.69, 9.17) is 0 Å². The fourth-order valence-electron chi connectivity index (χ4n) is 3.23. The molecule has 0 amide bonds. The first-order chi connectivity index (χ1) is 8.76. The van der Waals surface area contributed by atoms with E-state index in [0.29, 0.717) is 0 Å². The minimum Gasteiger partial charge on any atom is -0.223 e. The number of hydrogen-bond acceptors (Lipinski definition) is 1. The predicted octanol–water partition coefficient (Wildman–Crippen LogP) is 4.46. The van der Waals surface area contributed by atoms with Crippen LogP contribution in [0.15, 0.2) is 0 Å². The van der Waals surface area contributed by atoms with Gasteiger partial charge in [-0.05, 0) is 32.1 Å². The lowest BCUT2D eigenvalue weighted by atomic mass is 9.93. The van der Waals surface area contributed by atoms with Crippen LogP contribution in [0, 0.1) is 17.4 Å². The van der Waals surface area contributed by atoms with E-state index in [0.717, 1.165) is 30.0 Å². The Balaban J connectivity index is 2.26. The molecule has 2 nitrogen and oxygen atoms in total. The molecule has 18 heavy (non-hydrogen) atoms. The van der Waals surface area contributed by atoms with E-state index >= 15 is 0 Å². The van der Waals surface area contributed by atoms with Gasteiger partial charge in [-0.3, -0.25) is 0 Å². The summed E-state index contributed by atoms with van der Waals surface area (Å²) in [4.78, 5) is 0. The Labute approximate surface area is 114 Å². The Hall–Kier alpha value is -0.550. The van der Waals surface area contributed by atoms with Crippen LogP contribution in [0.25, 0.3) is 0 Å². The van der Waals surface area contributed by atoms with Gasteiger partial charge in [0.25, 0.3) is 0 Å². The lowest BCUT2D eigenvalue weighted by Crippen LogP contribution is -2.50. The van der Waals surface area contributed by atoms with Gasteiger partial charge in [-0.2, -0.15) is 0 Å². The van der Waals surface area contributed by atoms with Gasteiger partial charge in [0.1, 0.15) is 0 Å². The van der Waals surface area contributed by atoms with E-state index in [1.807, 2.05) is 0 Å². The van der Waals surface area contributed by atoms with Crippen molar-refractivity contribution < 1.29 is 4.48 Å². The third-order valence-electron chi connectivity index (χ3n) is 4.54. The number of rotatable bonds is 8. The first-order valence-corrected chi connectivity index (χ1v) is 8.03. The predicted molar refractivity (Wildman–Crippen MR) is 76.9 cm³/mol. The van der Waals surface area contributed by atoms with Crippen molar-refractivity contribution in [3.8, 4) is 6.19 Å². The molecular formula is C16H31N2+. The number of piperidine rings is 1. The van der Waals surface area contributed by atoms with Crippen LogP contribution in [-0.4, -0.2) is 24.1 Å². The molecular weight excluding hydrogens is 220 g/mol. The third kappa shape index (κ3) is 4.98. The standard InChI is InChI=1S/C16H31N2/c1-3-5-6-7-8-9-12-18(15-17)13-10-11-16(4-2)14-18/h16H,3-14H2,1-2H3/q+1. The van der Waals surface area contributed by atoms with Crippen molar-refractivity contribution in [3.63, 3.8) is 0 Å². The van der Waals surface area contributed by atoms with Crippen LogP contribution in [-0.2, 0) is 0 Å². The molecule has 0 aromatic carbocycles. The fourth-order valence-corrected chi connectivity index (χ4v) is 3.23. The first-order valence-electron chi connectivity index (χ1n) is 8.03. The van der Waals surface area contributed by atoms with Crippen LogP contribution in [0.2, 0.25) is 0 Å². The van der Waals surface area contributed by atoms with Gasteiger partial charge in [-0.1, -0.05) is 39.5 Å². The minimum atomic E-state index is 0.742. The molecule has 1 rings (SSSR count). The van der Waals surface area contributed by atoms with E-state index < -0.39 is 0 Å². The van der Waals surface area contributed by atoms with Gasteiger partial charge in [0, 0.05) is 5.92 Å². The lowest BCUT2D eigenvalue weighted by Gasteiger charge is -2.37. The Kier molecular flexibility index (Phi) is 7.35. The molecule has 0 bridgehead atoms. The Morgan fingerprint density at radius 3 is 2.50 bits per heavy atom. The molecule has 1 aliphatic rings. The normalized spacial score (nSPS) is 27.9. The molecule has 0 aromatic heterocycles. The third-order valence-corrected chi connectivity index (χ3v) is 4.54. The summed E-state index contributed by atoms with van der Waals surface area (Å²) in [5.74, 6) is 0.790. The molecule has 104 valence electrons. The van der Waals surface area contributed by atoms with Crippen LogP contribution in [0.3, 0.4) is 0 Å². The highest BCUT2D eigenvalue weighted by Crippen LogP contribution is 2.26. The lowest BCUT2D eigenvalue weighted by molar-refractivity contribution is -0.875. The van der Waals surface area contributed by atoms with Crippen molar-refractivity contribution in [1.29, 1.82) is 5.26 Å². The fraction of sp³-hybridized carbons (Fsp3) is 0.938. The molecule has 0 aromatic rings. The van der Waals surface area contributed by atoms with Gasteiger partial charge in [-0.25, -0.2) is 4.48 Å². The molecule has 0 spiro atoms. The molecule has 0 saturated carbocycles. The van der Waals surface area contributed by atoms with Gasteiger partial charge in [0.2, 0.25) is 0 Å². The Morgan fingerprint density at radius 2 is 1.83 bits per heavy atom. The molecule has 0 aliphatic carbocycles. The second kappa shape index (κ2) is 8.53. The SMILES string of the molecule is CCCCCCCC[N+]1(C#N)CCCC(CC)C1. The largest absolute Gasteiger partial charge is 0.308 e. The summed E-state index contributed by atoms with van der Waals surface area (Å²) in [6, 6.07) is 0. The van der Waals surface area contributed by atoms with Gasteiger partial charge < -0.3 is 0 Å². The number of nitrogens with zero attached hydrogens (tertiary/aromatic N) is 2. The maximum atomic E-state index is 9.52. The highest BCUT2D eigenvalue weighted by molar-refractivity contribution is 4.70. The average Bonchev–Trinajstić information content (AvgIpc) is 2.43. The number of nitriles is 1. The highest BCUT2D eigenvalue weighted by atomic mass is 15.3.